The normalized spacial score (nSPS) is 10.8. The van der Waals surface area contributed by atoms with Crippen LogP contribution in [0.1, 0.15) is 27.0 Å². The van der Waals surface area contributed by atoms with Gasteiger partial charge in [0.1, 0.15) is 5.76 Å². The molecule has 0 radical (unpaired) electrons. The molecule has 0 bridgehead atoms. The van der Waals surface area contributed by atoms with Crippen molar-refractivity contribution in [2.75, 3.05) is 5.32 Å². The van der Waals surface area contributed by atoms with Gasteiger partial charge in [-0.1, -0.05) is 28.3 Å². The fourth-order valence-corrected chi connectivity index (χ4v) is 3.92. The minimum Gasteiger partial charge on any atom is -0.361 e. The molecule has 7 nitrogen and oxygen atoms in total. The highest BCUT2D eigenvalue weighted by Gasteiger charge is 2.14. The number of rotatable bonds is 5. The molecule has 0 fully saturated rings. The molecule has 0 aliphatic carbocycles. The molecule has 3 heterocycles. The number of amides is 1. The highest BCUT2D eigenvalue weighted by Crippen LogP contribution is 2.28. The van der Waals surface area contributed by atoms with Gasteiger partial charge in [0.25, 0.3) is 5.91 Å². The Morgan fingerprint density at radius 3 is 2.95 bits per heavy atom. The summed E-state index contributed by atoms with van der Waals surface area (Å²) in [5.74, 6) is 0.951. The molecule has 0 aliphatic rings. The van der Waals surface area contributed by atoms with E-state index >= 15 is 0 Å². The summed E-state index contributed by atoms with van der Waals surface area (Å²) in [4.78, 5) is 16.3. The molecule has 0 saturated carbocycles. The van der Waals surface area contributed by atoms with Crippen LogP contribution in [-0.2, 0) is 5.75 Å². The Balaban J connectivity index is 1.58. The first-order valence-electron chi connectivity index (χ1n) is 6.22. The zero-order valence-electron chi connectivity index (χ0n) is 11.7. The lowest BCUT2D eigenvalue weighted by molar-refractivity contribution is 0.101. The maximum absolute atomic E-state index is 11.9. The predicted molar refractivity (Wildman–Crippen MR) is 85.5 cm³/mol. The van der Waals surface area contributed by atoms with E-state index in [-0.39, 0.29) is 11.6 Å². The number of nitrogens with one attached hydrogen (secondary N) is 1. The van der Waals surface area contributed by atoms with E-state index in [9.17, 15) is 4.79 Å². The Labute approximate surface area is 138 Å². The summed E-state index contributed by atoms with van der Waals surface area (Å²) in [6, 6.07) is 1.57. The third-order valence-corrected chi connectivity index (χ3v) is 5.33. The second-order valence-electron chi connectivity index (χ2n) is 4.30. The maximum atomic E-state index is 11.9. The molecule has 10 heteroatoms. The van der Waals surface area contributed by atoms with E-state index in [1.165, 1.54) is 23.1 Å². The first-order chi connectivity index (χ1) is 10.6. The summed E-state index contributed by atoms with van der Waals surface area (Å²) >= 11 is 4.48. The quantitative estimate of drug-likeness (QED) is 0.556. The highest BCUT2D eigenvalue weighted by molar-refractivity contribution is 8.00. The van der Waals surface area contributed by atoms with Gasteiger partial charge >= 0.3 is 0 Å². The number of anilines is 1. The van der Waals surface area contributed by atoms with Crippen LogP contribution < -0.4 is 5.32 Å². The number of aryl methyl sites for hydroxylation is 2. The van der Waals surface area contributed by atoms with Crippen LogP contribution in [0.5, 0.6) is 0 Å². The van der Waals surface area contributed by atoms with Crippen molar-refractivity contribution >= 4 is 45.5 Å². The molecular weight excluding hydrogens is 342 g/mol. The molecule has 1 amide bonds. The number of thioether (sulfide) groups is 1. The van der Waals surface area contributed by atoms with Gasteiger partial charge < -0.3 is 4.52 Å². The van der Waals surface area contributed by atoms with Crippen LogP contribution in [-0.4, -0.2) is 26.2 Å². The molecule has 3 aromatic rings. The van der Waals surface area contributed by atoms with Crippen LogP contribution in [0.15, 0.2) is 20.3 Å². The molecule has 0 aliphatic heterocycles. The molecule has 1 N–H and O–H groups in total. The minimum atomic E-state index is -0.361. The van der Waals surface area contributed by atoms with Crippen LogP contribution in [0.3, 0.4) is 0 Å². The summed E-state index contributed by atoms with van der Waals surface area (Å²) in [7, 11) is 0. The van der Waals surface area contributed by atoms with Gasteiger partial charge in [0.05, 0.1) is 10.7 Å². The van der Waals surface area contributed by atoms with Crippen molar-refractivity contribution in [3.63, 3.8) is 0 Å². The van der Waals surface area contributed by atoms with Gasteiger partial charge in [0, 0.05) is 17.2 Å². The van der Waals surface area contributed by atoms with E-state index in [1.807, 2.05) is 12.3 Å². The minimum absolute atomic E-state index is 0.222. The van der Waals surface area contributed by atoms with Crippen molar-refractivity contribution in [1.29, 1.82) is 0 Å². The topological polar surface area (TPSA) is 93.8 Å². The summed E-state index contributed by atoms with van der Waals surface area (Å²) in [5, 5.41) is 17.8. The number of carbonyl (C=O) groups excluding carboxylic acids is 1. The third-order valence-electron chi connectivity index (χ3n) is 2.50. The maximum Gasteiger partial charge on any atom is 0.279 e. The second kappa shape index (κ2) is 6.55. The van der Waals surface area contributed by atoms with Crippen molar-refractivity contribution in [2.24, 2.45) is 0 Å². The van der Waals surface area contributed by atoms with E-state index < -0.39 is 0 Å². The number of thiazole rings is 1. The van der Waals surface area contributed by atoms with E-state index in [0.29, 0.717) is 10.9 Å². The molecular formula is C12H11N5O2S3. The third kappa shape index (κ3) is 3.70. The number of hydrogen-bond acceptors (Lipinski definition) is 9. The van der Waals surface area contributed by atoms with Crippen molar-refractivity contribution < 1.29 is 9.32 Å². The van der Waals surface area contributed by atoms with Crippen molar-refractivity contribution in [3.05, 3.63) is 33.6 Å². The molecule has 114 valence electrons. The van der Waals surface area contributed by atoms with Crippen LogP contribution in [0.25, 0.3) is 0 Å². The Kier molecular flexibility index (Phi) is 4.50. The fourth-order valence-electron chi connectivity index (χ4n) is 1.56. The number of carbonyl (C=O) groups is 1. The first-order valence-corrected chi connectivity index (χ1v) is 8.90. The lowest BCUT2D eigenvalue weighted by Crippen LogP contribution is -2.11. The van der Waals surface area contributed by atoms with Gasteiger partial charge in [-0.15, -0.1) is 21.5 Å². The zero-order chi connectivity index (χ0) is 15.5. The molecule has 0 spiro atoms. The zero-order valence-corrected chi connectivity index (χ0v) is 14.1. The summed E-state index contributed by atoms with van der Waals surface area (Å²) in [5.41, 5.74) is 1.24. The van der Waals surface area contributed by atoms with E-state index in [1.54, 1.807) is 24.3 Å². The number of aromatic nitrogens is 4. The van der Waals surface area contributed by atoms with Gasteiger partial charge in [0.2, 0.25) is 5.13 Å². The SMILES string of the molecule is Cc1cc(C(=O)Nc2nnc(SCc3csc(C)n3)s2)no1. The van der Waals surface area contributed by atoms with Crippen molar-refractivity contribution in [1.82, 2.24) is 20.3 Å². The van der Waals surface area contributed by atoms with Gasteiger partial charge in [0.15, 0.2) is 10.0 Å². The Bertz CT molecular complexity index is 794. The fraction of sp³-hybridized carbons (Fsp3) is 0.250. The molecule has 3 rings (SSSR count). The highest BCUT2D eigenvalue weighted by atomic mass is 32.2. The summed E-state index contributed by atoms with van der Waals surface area (Å²) in [6.45, 7) is 3.70. The Hall–Kier alpha value is -1.78. The van der Waals surface area contributed by atoms with Crippen molar-refractivity contribution in [2.45, 2.75) is 23.9 Å². The van der Waals surface area contributed by atoms with Gasteiger partial charge in [-0.2, -0.15) is 0 Å². The van der Waals surface area contributed by atoms with Crippen molar-refractivity contribution in [3.8, 4) is 0 Å². The molecule has 3 aromatic heterocycles. The largest absolute Gasteiger partial charge is 0.361 e. The lowest BCUT2D eigenvalue weighted by Gasteiger charge is -1.95. The van der Waals surface area contributed by atoms with E-state index in [2.05, 4.69) is 25.7 Å². The smallest absolute Gasteiger partial charge is 0.279 e. The van der Waals surface area contributed by atoms with Crippen LogP contribution in [0, 0.1) is 13.8 Å². The van der Waals surface area contributed by atoms with Gasteiger partial charge in [-0.05, 0) is 13.8 Å². The van der Waals surface area contributed by atoms with Gasteiger partial charge in [-0.3, -0.25) is 10.1 Å². The average molecular weight is 353 g/mol. The second-order valence-corrected chi connectivity index (χ2v) is 7.56. The van der Waals surface area contributed by atoms with Gasteiger partial charge in [-0.25, -0.2) is 4.98 Å². The average Bonchev–Trinajstić information content (AvgIpc) is 3.19. The predicted octanol–water partition coefficient (Wildman–Crippen LogP) is 3.14. The number of nitrogens with zero attached hydrogens (tertiary/aromatic N) is 4. The standard InChI is InChI=1S/C12H11N5O2S3/c1-6-3-9(17-19-6)10(18)14-11-15-16-12(22-11)21-5-8-4-20-7(2)13-8/h3-4H,5H2,1-2H3,(H,14,15,18). The molecule has 0 saturated heterocycles. The molecule has 0 aromatic carbocycles. The van der Waals surface area contributed by atoms with E-state index in [0.717, 1.165) is 20.8 Å². The Morgan fingerprint density at radius 2 is 2.27 bits per heavy atom. The van der Waals surface area contributed by atoms with E-state index in [4.69, 9.17) is 4.52 Å². The Morgan fingerprint density at radius 1 is 1.41 bits per heavy atom. The lowest BCUT2D eigenvalue weighted by atomic mass is 10.4. The van der Waals surface area contributed by atoms with Crippen LogP contribution in [0.2, 0.25) is 0 Å². The first kappa shape index (κ1) is 15.1. The summed E-state index contributed by atoms with van der Waals surface area (Å²) in [6.07, 6.45) is 0. The van der Waals surface area contributed by atoms with Crippen LogP contribution >= 0.6 is 34.4 Å². The summed E-state index contributed by atoms with van der Waals surface area (Å²) < 4.78 is 5.64. The monoisotopic (exact) mass is 353 g/mol. The molecule has 0 atom stereocenters. The number of hydrogen-bond donors (Lipinski definition) is 1. The molecule has 22 heavy (non-hydrogen) atoms. The molecule has 0 unspecified atom stereocenters. The van der Waals surface area contributed by atoms with Crippen LogP contribution in [0.4, 0.5) is 5.13 Å².